The van der Waals surface area contributed by atoms with Crippen molar-refractivity contribution in [2.24, 2.45) is 0 Å². The van der Waals surface area contributed by atoms with Gasteiger partial charge in [0.25, 0.3) is 0 Å². The number of hydrogen-bond acceptors (Lipinski definition) is 4. The third kappa shape index (κ3) is 5.83. The van der Waals surface area contributed by atoms with Crippen LogP contribution in [0.2, 0.25) is 0 Å². The van der Waals surface area contributed by atoms with E-state index in [2.05, 4.69) is 10.6 Å². The summed E-state index contributed by atoms with van der Waals surface area (Å²) >= 11 is 0. The first-order valence-corrected chi connectivity index (χ1v) is 6.51. The molecule has 1 aromatic rings. The monoisotopic (exact) mass is 275 g/mol. The van der Waals surface area contributed by atoms with E-state index < -0.39 is 6.10 Å². The molecule has 3 N–H and O–H groups in total. The maximum absolute atomic E-state index is 11.6. The second kappa shape index (κ2) is 7.04. The Morgan fingerprint density at radius 1 is 1.35 bits per heavy atom. The molecule has 1 unspecified atom stereocenters. The lowest BCUT2D eigenvalue weighted by molar-refractivity contribution is -0.121. The third-order valence-corrected chi connectivity index (χ3v) is 2.56. The smallest absolute Gasteiger partial charge is 0.234 e. The Kier molecular flexibility index (Phi) is 5.68. The zero-order chi connectivity index (χ0) is 15.2. The molecule has 0 fully saturated rings. The van der Waals surface area contributed by atoms with Gasteiger partial charge < -0.3 is 15.7 Å². The maximum atomic E-state index is 11.6. The van der Waals surface area contributed by atoms with Crippen LogP contribution in [0, 0.1) is 11.3 Å². The number of rotatable bonds is 5. The summed E-state index contributed by atoms with van der Waals surface area (Å²) in [6.45, 7) is 6.18. The minimum atomic E-state index is -0.704. The largest absolute Gasteiger partial charge is 0.387 e. The van der Waals surface area contributed by atoms with Crippen LogP contribution in [0.15, 0.2) is 24.3 Å². The maximum Gasteiger partial charge on any atom is 0.234 e. The van der Waals surface area contributed by atoms with Gasteiger partial charge in [0, 0.05) is 12.1 Å². The van der Waals surface area contributed by atoms with Crippen molar-refractivity contribution in [1.29, 1.82) is 5.26 Å². The molecule has 0 bridgehead atoms. The molecular formula is C15H21N3O2. The van der Waals surface area contributed by atoms with Crippen molar-refractivity contribution in [2.75, 3.05) is 13.1 Å². The standard InChI is InChI=1S/C15H21N3O2/c1-15(2,3)18-14(20)10-17-9-13(19)12-6-4-11(8-16)5-7-12/h4-7,13,17,19H,9-10H2,1-3H3,(H,18,20). The molecule has 1 aromatic carbocycles. The highest BCUT2D eigenvalue weighted by molar-refractivity contribution is 5.78. The number of aliphatic hydroxyl groups excluding tert-OH is 1. The van der Waals surface area contributed by atoms with Crippen LogP contribution < -0.4 is 10.6 Å². The topological polar surface area (TPSA) is 85.2 Å². The number of nitrogens with zero attached hydrogens (tertiary/aromatic N) is 1. The predicted molar refractivity (Wildman–Crippen MR) is 76.9 cm³/mol. The van der Waals surface area contributed by atoms with Crippen molar-refractivity contribution < 1.29 is 9.90 Å². The van der Waals surface area contributed by atoms with E-state index >= 15 is 0 Å². The Labute approximate surface area is 119 Å². The molecule has 0 heterocycles. The van der Waals surface area contributed by atoms with Gasteiger partial charge >= 0.3 is 0 Å². The SMILES string of the molecule is CC(C)(C)NC(=O)CNCC(O)c1ccc(C#N)cc1. The summed E-state index contributed by atoms with van der Waals surface area (Å²) in [4.78, 5) is 11.6. The molecule has 0 aliphatic heterocycles. The van der Waals surface area contributed by atoms with E-state index in [1.165, 1.54) is 0 Å². The molecule has 0 saturated carbocycles. The van der Waals surface area contributed by atoms with Crippen LogP contribution in [-0.2, 0) is 4.79 Å². The predicted octanol–water partition coefficient (Wildman–Crippen LogP) is 1.10. The number of nitrogens with one attached hydrogen (secondary N) is 2. The summed E-state index contributed by atoms with van der Waals surface area (Å²) in [6, 6.07) is 8.75. The second-order valence-corrected chi connectivity index (χ2v) is 5.68. The lowest BCUT2D eigenvalue weighted by Gasteiger charge is -2.21. The van der Waals surface area contributed by atoms with Crippen molar-refractivity contribution >= 4 is 5.91 Å². The Morgan fingerprint density at radius 3 is 2.45 bits per heavy atom. The van der Waals surface area contributed by atoms with Crippen LogP contribution in [0.4, 0.5) is 0 Å². The molecule has 1 rings (SSSR count). The molecule has 0 aromatic heterocycles. The first-order chi connectivity index (χ1) is 9.31. The molecule has 1 amide bonds. The van der Waals surface area contributed by atoms with E-state index in [1.54, 1.807) is 24.3 Å². The van der Waals surface area contributed by atoms with Gasteiger partial charge in [-0.15, -0.1) is 0 Å². The highest BCUT2D eigenvalue weighted by atomic mass is 16.3. The Balaban J connectivity index is 2.38. The first-order valence-electron chi connectivity index (χ1n) is 6.51. The van der Waals surface area contributed by atoms with Gasteiger partial charge in [0.1, 0.15) is 0 Å². The van der Waals surface area contributed by atoms with Crippen LogP contribution in [0.1, 0.15) is 38.0 Å². The molecule has 1 atom stereocenters. The van der Waals surface area contributed by atoms with Crippen LogP contribution in [0.5, 0.6) is 0 Å². The zero-order valence-electron chi connectivity index (χ0n) is 12.1. The van der Waals surface area contributed by atoms with Gasteiger partial charge in [0.15, 0.2) is 0 Å². The molecule has 0 aliphatic carbocycles. The van der Waals surface area contributed by atoms with Crippen molar-refractivity contribution in [3.05, 3.63) is 35.4 Å². The molecule has 0 saturated heterocycles. The van der Waals surface area contributed by atoms with Crippen molar-refractivity contribution in [1.82, 2.24) is 10.6 Å². The average Bonchev–Trinajstić information content (AvgIpc) is 2.36. The number of carbonyl (C=O) groups is 1. The fraction of sp³-hybridized carbons (Fsp3) is 0.467. The van der Waals surface area contributed by atoms with E-state index in [9.17, 15) is 9.90 Å². The number of amides is 1. The van der Waals surface area contributed by atoms with Crippen molar-refractivity contribution in [3.63, 3.8) is 0 Å². The number of aliphatic hydroxyl groups is 1. The van der Waals surface area contributed by atoms with E-state index in [0.29, 0.717) is 11.1 Å². The highest BCUT2D eigenvalue weighted by Crippen LogP contribution is 2.12. The van der Waals surface area contributed by atoms with Gasteiger partial charge in [0.2, 0.25) is 5.91 Å². The van der Waals surface area contributed by atoms with E-state index in [4.69, 9.17) is 5.26 Å². The zero-order valence-corrected chi connectivity index (χ0v) is 12.1. The molecule has 20 heavy (non-hydrogen) atoms. The Bertz CT molecular complexity index is 483. The number of carbonyl (C=O) groups excluding carboxylic acids is 1. The molecular weight excluding hydrogens is 254 g/mol. The molecule has 0 radical (unpaired) electrons. The third-order valence-electron chi connectivity index (χ3n) is 2.56. The van der Waals surface area contributed by atoms with Gasteiger partial charge in [-0.2, -0.15) is 5.26 Å². The molecule has 5 heteroatoms. The molecule has 108 valence electrons. The van der Waals surface area contributed by atoms with Gasteiger partial charge in [-0.25, -0.2) is 0 Å². The summed E-state index contributed by atoms with van der Waals surface area (Å²) < 4.78 is 0. The Morgan fingerprint density at radius 2 is 1.95 bits per heavy atom. The van der Waals surface area contributed by atoms with Crippen LogP contribution in [0.25, 0.3) is 0 Å². The molecule has 0 aliphatic rings. The van der Waals surface area contributed by atoms with Gasteiger partial charge in [-0.05, 0) is 38.5 Å². The quantitative estimate of drug-likeness (QED) is 0.751. The lowest BCUT2D eigenvalue weighted by atomic mass is 10.1. The number of nitriles is 1. The van der Waals surface area contributed by atoms with Crippen molar-refractivity contribution in [3.8, 4) is 6.07 Å². The summed E-state index contributed by atoms with van der Waals surface area (Å²) in [5, 5.41) is 24.4. The van der Waals surface area contributed by atoms with Crippen LogP contribution in [0.3, 0.4) is 0 Å². The van der Waals surface area contributed by atoms with E-state index in [1.807, 2.05) is 26.8 Å². The van der Waals surface area contributed by atoms with Crippen LogP contribution in [-0.4, -0.2) is 29.6 Å². The second-order valence-electron chi connectivity index (χ2n) is 5.68. The Hall–Kier alpha value is -1.90. The van der Waals surface area contributed by atoms with Gasteiger partial charge in [0.05, 0.1) is 24.3 Å². The minimum Gasteiger partial charge on any atom is -0.387 e. The summed E-state index contributed by atoms with van der Waals surface area (Å²) in [5.41, 5.74) is 1.01. The van der Waals surface area contributed by atoms with E-state index in [0.717, 1.165) is 0 Å². The summed E-state index contributed by atoms with van der Waals surface area (Å²) in [7, 11) is 0. The normalized spacial score (nSPS) is 12.6. The number of hydrogen-bond donors (Lipinski definition) is 3. The minimum absolute atomic E-state index is 0.107. The summed E-state index contributed by atoms with van der Waals surface area (Å²) in [5.74, 6) is -0.107. The average molecular weight is 275 g/mol. The first kappa shape index (κ1) is 16.2. The highest BCUT2D eigenvalue weighted by Gasteiger charge is 2.14. The van der Waals surface area contributed by atoms with Crippen LogP contribution >= 0.6 is 0 Å². The lowest BCUT2D eigenvalue weighted by Crippen LogP contribution is -2.45. The molecule has 0 spiro atoms. The molecule has 5 nitrogen and oxygen atoms in total. The van der Waals surface area contributed by atoms with Gasteiger partial charge in [-0.1, -0.05) is 12.1 Å². The summed E-state index contributed by atoms with van der Waals surface area (Å²) in [6.07, 6.45) is -0.704. The van der Waals surface area contributed by atoms with Crippen molar-refractivity contribution in [2.45, 2.75) is 32.4 Å². The number of benzene rings is 1. The van der Waals surface area contributed by atoms with E-state index in [-0.39, 0.29) is 24.5 Å². The van der Waals surface area contributed by atoms with Gasteiger partial charge in [-0.3, -0.25) is 4.79 Å². The fourth-order valence-electron chi connectivity index (χ4n) is 1.68. The fourth-order valence-corrected chi connectivity index (χ4v) is 1.68.